The maximum Gasteiger partial charge on any atom is 0.144 e. The smallest absolute Gasteiger partial charge is 0.144 e. The van der Waals surface area contributed by atoms with E-state index in [9.17, 15) is 0 Å². The van der Waals surface area contributed by atoms with Gasteiger partial charge in [0, 0.05) is 16.0 Å². The number of pyridine rings is 1. The Morgan fingerprint density at radius 2 is 1.89 bits per heavy atom. The summed E-state index contributed by atoms with van der Waals surface area (Å²) in [6, 6.07) is 5.96. The molecule has 0 spiro atoms. The van der Waals surface area contributed by atoms with Crippen molar-refractivity contribution in [3.63, 3.8) is 0 Å². The Bertz CT molecular complexity index is 600. The number of anilines is 1. The summed E-state index contributed by atoms with van der Waals surface area (Å²) in [5.41, 5.74) is 5.73. The average Bonchev–Trinajstić information content (AvgIpc) is 2.26. The molecule has 0 atom stereocenters. The van der Waals surface area contributed by atoms with Gasteiger partial charge in [0.1, 0.15) is 5.82 Å². The minimum absolute atomic E-state index is 0.0287. The first-order valence-corrected chi connectivity index (χ1v) is 6.28. The maximum absolute atomic E-state index is 6.10. The van der Waals surface area contributed by atoms with Gasteiger partial charge in [-0.05, 0) is 36.1 Å². The lowest BCUT2D eigenvalue weighted by Gasteiger charge is -2.22. The van der Waals surface area contributed by atoms with Crippen LogP contribution in [0.5, 0.6) is 0 Å². The van der Waals surface area contributed by atoms with Gasteiger partial charge < -0.3 is 5.43 Å². The highest BCUT2D eigenvalue weighted by atomic mass is 35.5. The van der Waals surface area contributed by atoms with Gasteiger partial charge in [-0.15, -0.1) is 0 Å². The van der Waals surface area contributed by atoms with Crippen molar-refractivity contribution in [3.8, 4) is 0 Å². The predicted molar refractivity (Wildman–Crippen MR) is 78.0 cm³/mol. The van der Waals surface area contributed by atoms with Crippen LogP contribution in [0.25, 0.3) is 10.9 Å². The molecule has 0 aliphatic carbocycles. The van der Waals surface area contributed by atoms with Crippen molar-refractivity contribution in [2.45, 2.75) is 33.1 Å². The summed E-state index contributed by atoms with van der Waals surface area (Å²) in [4.78, 5) is 4.61. The monoisotopic (exact) mass is 263 g/mol. The Labute approximate surface area is 112 Å². The number of fused-ring (bicyclic) bond motifs is 1. The molecule has 0 bridgehead atoms. The van der Waals surface area contributed by atoms with Crippen LogP contribution in [-0.4, -0.2) is 4.98 Å². The van der Waals surface area contributed by atoms with Crippen LogP contribution in [0.15, 0.2) is 18.2 Å². The molecule has 0 aliphatic rings. The minimum Gasteiger partial charge on any atom is -0.308 e. The number of benzene rings is 1. The lowest BCUT2D eigenvalue weighted by atomic mass is 9.86. The number of nitrogen functional groups attached to an aromatic ring is 1. The first-order chi connectivity index (χ1) is 8.32. The van der Waals surface area contributed by atoms with E-state index >= 15 is 0 Å². The number of hydrogen-bond acceptors (Lipinski definition) is 3. The molecule has 2 rings (SSSR count). The largest absolute Gasteiger partial charge is 0.308 e. The Kier molecular flexibility index (Phi) is 3.21. The molecule has 96 valence electrons. The number of aryl methyl sites for hydroxylation is 1. The third-order valence-electron chi connectivity index (χ3n) is 3.02. The van der Waals surface area contributed by atoms with Gasteiger partial charge in [0.05, 0.1) is 5.52 Å². The van der Waals surface area contributed by atoms with Crippen LogP contribution in [0, 0.1) is 6.92 Å². The fraction of sp³-hybridized carbons (Fsp3) is 0.357. The number of halogens is 1. The topological polar surface area (TPSA) is 50.9 Å². The third kappa shape index (κ3) is 2.28. The third-order valence-corrected chi connectivity index (χ3v) is 3.24. The zero-order valence-corrected chi connectivity index (χ0v) is 11.9. The minimum atomic E-state index is -0.0287. The van der Waals surface area contributed by atoms with Crippen molar-refractivity contribution in [1.29, 1.82) is 0 Å². The van der Waals surface area contributed by atoms with Gasteiger partial charge in [-0.3, -0.25) is 0 Å². The Balaban J connectivity index is 2.81. The molecule has 3 nitrogen and oxygen atoms in total. The maximum atomic E-state index is 6.10. The lowest BCUT2D eigenvalue weighted by Crippen LogP contribution is -2.19. The molecule has 2 aromatic rings. The van der Waals surface area contributed by atoms with Crippen LogP contribution in [0.1, 0.15) is 31.9 Å². The SMILES string of the molecule is Cc1cc(Cl)cc2cc(C(C)(C)C)c(NN)nc12. The quantitative estimate of drug-likeness (QED) is 0.608. The van der Waals surface area contributed by atoms with Crippen LogP contribution in [0.4, 0.5) is 5.82 Å². The molecule has 0 unspecified atom stereocenters. The zero-order chi connectivity index (χ0) is 13.5. The first kappa shape index (κ1) is 13.1. The van der Waals surface area contributed by atoms with E-state index in [2.05, 4.69) is 37.2 Å². The summed E-state index contributed by atoms with van der Waals surface area (Å²) >= 11 is 6.10. The molecule has 0 saturated heterocycles. The zero-order valence-electron chi connectivity index (χ0n) is 11.1. The summed E-state index contributed by atoms with van der Waals surface area (Å²) in [5.74, 6) is 6.30. The molecule has 18 heavy (non-hydrogen) atoms. The van der Waals surface area contributed by atoms with Crippen LogP contribution < -0.4 is 11.3 Å². The van der Waals surface area contributed by atoms with Crippen molar-refractivity contribution in [2.75, 3.05) is 5.43 Å². The van der Waals surface area contributed by atoms with E-state index in [4.69, 9.17) is 17.4 Å². The summed E-state index contributed by atoms with van der Waals surface area (Å²) in [5, 5.41) is 1.78. The second-order valence-electron chi connectivity index (χ2n) is 5.57. The van der Waals surface area contributed by atoms with Crippen LogP contribution in [0.2, 0.25) is 5.02 Å². The molecule has 3 N–H and O–H groups in total. The van der Waals surface area contributed by atoms with E-state index in [0.717, 1.165) is 32.9 Å². The van der Waals surface area contributed by atoms with Crippen molar-refractivity contribution in [3.05, 3.63) is 34.3 Å². The molecule has 4 heteroatoms. The van der Waals surface area contributed by atoms with Crippen molar-refractivity contribution >= 4 is 28.3 Å². The second kappa shape index (κ2) is 4.41. The summed E-state index contributed by atoms with van der Waals surface area (Å²) in [6.45, 7) is 8.40. The first-order valence-electron chi connectivity index (χ1n) is 5.91. The molecule has 1 aromatic carbocycles. The standard InChI is InChI=1S/C14H18ClN3/c1-8-5-10(15)6-9-7-11(14(2,3)4)13(18-16)17-12(8)9/h5-7H,16H2,1-4H3,(H,17,18). The van der Waals surface area contributed by atoms with Gasteiger partial charge in [-0.2, -0.15) is 0 Å². The Morgan fingerprint density at radius 3 is 2.44 bits per heavy atom. The van der Waals surface area contributed by atoms with E-state index in [1.165, 1.54) is 0 Å². The van der Waals surface area contributed by atoms with E-state index in [1.807, 2.05) is 19.1 Å². The number of nitrogens with zero attached hydrogens (tertiary/aromatic N) is 1. The van der Waals surface area contributed by atoms with Gasteiger partial charge in [-0.25, -0.2) is 10.8 Å². The molecule has 0 saturated carbocycles. The number of hydrogen-bond donors (Lipinski definition) is 2. The van der Waals surface area contributed by atoms with Gasteiger partial charge in [0.15, 0.2) is 0 Å². The van der Waals surface area contributed by atoms with Gasteiger partial charge >= 0.3 is 0 Å². The van der Waals surface area contributed by atoms with E-state index in [1.54, 1.807) is 0 Å². The molecule has 0 radical (unpaired) electrons. The molecule has 0 amide bonds. The van der Waals surface area contributed by atoms with Crippen molar-refractivity contribution in [2.24, 2.45) is 5.84 Å². The molecular weight excluding hydrogens is 246 g/mol. The molecule has 0 fully saturated rings. The van der Waals surface area contributed by atoms with Gasteiger partial charge in [0.25, 0.3) is 0 Å². The van der Waals surface area contributed by atoms with E-state index in [0.29, 0.717) is 0 Å². The summed E-state index contributed by atoms with van der Waals surface area (Å²) < 4.78 is 0. The molecular formula is C14H18ClN3. The normalized spacial score (nSPS) is 11.9. The second-order valence-corrected chi connectivity index (χ2v) is 6.01. The molecule has 0 aliphatic heterocycles. The lowest BCUT2D eigenvalue weighted by molar-refractivity contribution is 0.590. The van der Waals surface area contributed by atoms with Crippen molar-refractivity contribution in [1.82, 2.24) is 4.98 Å². The number of hydrazine groups is 1. The predicted octanol–water partition coefficient (Wildman–Crippen LogP) is 3.78. The average molecular weight is 264 g/mol. The van der Waals surface area contributed by atoms with Crippen LogP contribution in [0.3, 0.4) is 0 Å². The fourth-order valence-corrected chi connectivity index (χ4v) is 2.38. The highest BCUT2D eigenvalue weighted by molar-refractivity contribution is 6.31. The fourth-order valence-electron chi connectivity index (χ4n) is 2.10. The summed E-state index contributed by atoms with van der Waals surface area (Å²) in [6.07, 6.45) is 0. The molecule has 1 aromatic heterocycles. The highest BCUT2D eigenvalue weighted by Gasteiger charge is 2.20. The van der Waals surface area contributed by atoms with Crippen molar-refractivity contribution < 1.29 is 0 Å². The number of nitrogens with one attached hydrogen (secondary N) is 1. The van der Waals surface area contributed by atoms with Gasteiger partial charge in [-0.1, -0.05) is 32.4 Å². The number of aromatic nitrogens is 1. The van der Waals surface area contributed by atoms with E-state index in [-0.39, 0.29) is 5.41 Å². The van der Waals surface area contributed by atoms with Gasteiger partial charge in [0.2, 0.25) is 0 Å². The highest BCUT2D eigenvalue weighted by Crippen LogP contribution is 2.32. The van der Waals surface area contributed by atoms with Crippen LogP contribution >= 0.6 is 11.6 Å². The molecule has 1 heterocycles. The summed E-state index contributed by atoms with van der Waals surface area (Å²) in [7, 11) is 0. The Morgan fingerprint density at radius 1 is 1.22 bits per heavy atom. The number of rotatable bonds is 1. The Hall–Kier alpha value is -1.32. The number of nitrogens with two attached hydrogens (primary N) is 1. The van der Waals surface area contributed by atoms with E-state index < -0.39 is 0 Å². The van der Waals surface area contributed by atoms with Crippen LogP contribution in [-0.2, 0) is 5.41 Å².